The highest BCUT2D eigenvalue weighted by Crippen LogP contribution is 2.25. The Hall–Kier alpha value is -3.53. The number of halogens is 1. The first-order valence-corrected chi connectivity index (χ1v) is 11.8. The lowest BCUT2D eigenvalue weighted by Gasteiger charge is -2.21. The normalized spacial score (nSPS) is 13.2. The van der Waals surface area contributed by atoms with E-state index in [1.807, 2.05) is 5.38 Å². The lowest BCUT2D eigenvalue weighted by atomic mass is 10.1. The highest BCUT2D eigenvalue weighted by molar-refractivity contribution is 7.07. The second-order valence-electron chi connectivity index (χ2n) is 8.10. The Morgan fingerprint density at radius 3 is 2.76 bits per heavy atom. The molecule has 0 atom stereocenters. The van der Waals surface area contributed by atoms with E-state index in [1.165, 1.54) is 41.5 Å². The van der Waals surface area contributed by atoms with Crippen LogP contribution in [0.1, 0.15) is 27.3 Å². The molecule has 1 aliphatic heterocycles. The molecular weight excluding hydrogens is 459 g/mol. The van der Waals surface area contributed by atoms with Gasteiger partial charge in [-0.3, -0.25) is 14.4 Å². The van der Waals surface area contributed by atoms with Gasteiger partial charge in [-0.1, -0.05) is 12.1 Å². The Labute approximate surface area is 200 Å². The van der Waals surface area contributed by atoms with Gasteiger partial charge in [0.15, 0.2) is 0 Å². The third-order valence-corrected chi connectivity index (χ3v) is 6.49. The SMILES string of the molecule is COc1cc(=O)n2c(c1C(=O)N(C)Cc1cscn1)CCN(C(=O)Cc1cccc(F)c1)CC2. The highest BCUT2D eigenvalue weighted by Gasteiger charge is 2.28. The zero-order valence-electron chi connectivity index (χ0n) is 19.0. The molecule has 4 rings (SSSR count). The number of aromatic nitrogens is 2. The molecule has 3 heterocycles. The van der Waals surface area contributed by atoms with E-state index in [4.69, 9.17) is 4.74 Å². The summed E-state index contributed by atoms with van der Waals surface area (Å²) in [4.78, 5) is 46.6. The first-order valence-electron chi connectivity index (χ1n) is 10.8. The van der Waals surface area contributed by atoms with E-state index in [1.54, 1.807) is 34.2 Å². The Bertz CT molecular complexity index is 1260. The fourth-order valence-electron chi connectivity index (χ4n) is 4.14. The zero-order chi connectivity index (χ0) is 24.2. The molecule has 0 saturated heterocycles. The van der Waals surface area contributed by atoms with E-state index >= 15 is 0 Å². The zero-order valence-corrected chi connectivity index (χ0v) is 19.8. The van der Waals surface area contributed by atoms with Gasteiger partial charge in [0.1, 0.15) is 17.1 Å². The van der Waals surface area contributed by atoms with Crippen LogP contribution in [-0.2, 0) is 30.7 Å². The average Bonchev–Trinajstić information content (AvgIpc) is 3.21. The van der Waals surface area contributed by atoms with E-state index in [2.05, 4.69) is 4.98 Å². The molecule has 0 aliphatic carbocycles. The highest BCUT2D eigenvalue weighted by atomic mass is 32.1. The monoisotopic (exact) mass is 484 g/mol. The molecule has 0 radical (unpaired) electrons. The van der Waals surface area contributed by atoms with Gasteiger partial charge in [-0.2, -0.15) is 0 Å². The molecule has 0 unspecified atom stereocenters. The van der Waals surface area contributed by atoms with Gasteiger partial charge in [0.05, 0.1) is 31.3 Å². The molecule has 0 bridgehead atoms. The molecule has 0 spiro atoms. The second kappa shape index (κ2) is 10.2. The first-order chi connectivity index (χ1) is 16.4. The van der Waals surface area contributed by atoms with Crippen LogP contribution in [0, 0.1) is 5.82 Å². The first kappa shape index (κ1) is 23.6. The number of thiazole rings is 1. The standard InChI is InChI=1S/C24H25FN4O4S/c1-27(13-18-14-34-15-26-18)24(32)23-19-6-7-28(8-9-29(19)22(31)12-20(23)33-2)21(30)11-16-4-3-5-17(25)10-16/h3-5,10,12,14-15H,6-9,11,13H2,1-2H3. The summed E-state index contributed by atoms with van der Waals surface area (Å²) in [6.07, 6.45) is 0.376. The molecule has 1 aliphatic rings. The van der Waals surface area contributed by atoms with E-state index in [-0.39, 0.29) is 36.1 Å². The summed E-state index contributed by atoms with van der Waals surface area (Å²) in [6, 6.07) is 7.27. The van der Waals surface area contributed by atoms with Crippen LogP contribution in [0.5, 0.6) is 5.75 Å². The van der Waals surface area contributed by atoms with E-state index in [0.717, 1.165) is 5.69 Å². The molecule has 3 aromatic rings. The van der Waals surface area contributed by atoms with Crippen LogP contribution in [0.3, 0.4) is 0 Å². The summed E-state index contributed by atoms with van der Waals surface area (Å²) in [6.45, 7) is 1.22. The number of pyridine rings is 1. The van der Waals surface area contributed by atoms with E-state index in [9.17, 15) is 18.8 Å². The Kier molecular flexibility index (Phi) is 7.06. The minimum atomic E-state index is -0.392. The van der Waals surface area contributed by atoms with Crippen molar-refractivity contribution in [1.82, 2.24) is 19.4 Å². The molecular formula is C24H25FN4O4S. The van der Waals surface area contributed by atoms with Gasteiger partial charge in [0.2, 0.25) is 5.91 Å². The number of nitrogens with zero attached hydrogens (tertiary/aromatic N) is 4. The van der Waals surface area contributed by atoms with Crippen LogP contribution < -0.4 is 10.3 Å². The predicted octanol–water partition coefficient (Wildman–Crippen LogP) is 2.35. The van der Waals surface area contributed by atoms with Crippen molar-refractivity contribution in [3.05, 3.63) is 79.9 Å². The minimum Gasteiger partial charge on any atom is -0.496 e. The third-order valence-electron chi connectivity index (χ3n) is 5.85. The number of ether oxygens (including phenoxy) is 1. The van der Waals surface area contributed by atoms with Gasteiger partial charge < -0.3 is 19.1 Å². The van der Waals surface area contributed by atoms with Gasteiger partial charge in [-0.15, -0.1) is 11.3 Å². The van der Waals surface area contributed by atoms with Crippen molar-refractivity contribution in [2.75, 3.05) is 27.2 Å². The average molecular weight is 485 g/mol. The summed E-state index contributed by atoms with van der Waals surface area (Å²) in [5.74, 6) is -0.622. The van der Waals surface area contributed by atoms with Crippen molar-refractivity contribution >= 4 is 23.2 Å². The number of hydrogen-bond acceptors (Lipinski definition) is 6. The quantitative estimate of drug-likeness (QED) is 0.536. The second-order valence-corrected chi connectivity index (χ2v) is 8.82. The van der Waals surface area contributed by atoms with Crippen molar-refractivity contribution < 1.29 is 18.7 Å². The van der Waals surface area contributed by atoms with Crippen LogP contribution in [0.2, 0.25) is 0 Å². The molecule has 0 saturated carbocycles. The lowest BCUT2D eigenvalue weighted by molar-refractivity contribution is -0.130. The molecule has 1 aromatic carbocycles. The maximum Gasteiger partial charge on any atom is 0.259 e. The van der Waals surface area contributed by atoms with Crippen LogP contribution in [0.4, 0.5) is 4.39 Å². The largest absolute Gasteiger partial charge is 0.496 e. The van der Waals surface area contributed by atoms with E-state index in [0.29, 0.717) is 42.9 Å². The van der Waals surface area contributed by atoms with Crippen molar-refractivity contribution in [3.8, 4) is 5.75 Å². The Balaban J connectivity index is 1.59. The summed E-state index contributed by atoms with van der Waals surface area (Å²) in [7, 11) is 3.10. The molecule has 178 valence electrons. The molecule has 2 amide bonds. The number of amides is 2. The third kappa shape index (κ3) is 5.01. The van der Waals surface area contributed by atoms with Crippen molar-refractivity contribution in [3.63, 3.8) is 0 Å². The predicted molar refractivity (Wildman–Crippen MR) is 126 cm³/mol. The van der Waals surface area contributed by atoms with Gasteiger partial charge >= 0.3 is 0 Å². The van der Waals surface area contributed by atoms with Gasteiger partial charge in [-0.05, 0) is 17.7 Å². The smallest absolute Gasteiger partial charge is 0.259 e. The van der Waals surface area contributed by atoms with Gasteiger partial charge in [-0.25, -0.2) is 9.37 Å². The Morgan fingerprint density at radius 2 is 2.06 bits per heavy atom. The summed E-state index contributed by atoms with van der Waals surface area (Å²) < 4.78 is 20.5. The van der Waals surface area contributed by atoms with Crippen LogP contribution >= 0.6 is 11.3 Å². The van der Waals surface area contributed by atoms with Crippen LogP contribution in [0.25, 0.3) is 0 Å². The van der Waals surface area contributed by atoms with Gasteiger partial charge in [0, 0.05) is 50.2 Å². The topological polar surface area (TPSA) is 84.7 Å². The van der Waals surface area contributed by atoms with Crippen LogP contribution in [0.15, 0.2) is 46.0 Å². The minimum absolute atomic E-state index is 0.0640. The number of rotatable bonds is 6. The molecule has 8 nitrogen and oxygen atoms in total. The van der Waals surface area contributed by atoms with Crippen molar-refractivity contribution in [2.24, 2.45) is 0 Å². The maximum atomic E-state index is 13.5. The number of carbonyl (C=O) groups excluding carboxylic acids is 2. The lowest BCUT2D eigenvalue weighted by Crippen LogP contribution is -2.35. The van der Waals surface area contributed by atoms with E-state index < -0.39 is 5.82 Å². The molecule has 0 fully saturated rings. The summed E-state index contributed by atoms with van der Waals surface area (Å²) >= 11 is 1.45. The van der Waals surface area contributed by atoms with Crippen molar-refractivity contribution in [1.29, 1.82) is 0 Å². The van der Waals surface area contributed by atoms with Crippen molar-refractivity contribution in [2.45, 2.75) is 25.9 Å². The number of methoxy groups -OCH3 is 1. The number of hydrogen-bond donors (Lipinski definition) is 0. The molecule has 2 aromatic heterocycles. The maximum absolute atomic E-state index is 13.5. The molecule has 34 heavy (non-hydrogen) atoms. The van der Waals surface area contributed by atoms with Gasteiger partial charge in [0.25, 0.3) is 11.5 Å². The number of carbonyl (C=O) groups is 2. The molecule has 10 heteroatoms. The number of benzene rings is 1. The fraction of sp³-hybridized carbons (Fsp3) is 0.333. The molecule has 0 N–H and O–H groups in total. The fourth-order valence-corrected chi connectivity index (χ4v) is 4.69. The number of fused-ring (bicyclic) bond motifs is 1. The Morgan fingerprint density at radius 1 is 1.24 bits per heavy atom. The summed E-state index contributed by atoms with van der Waals surface area (Å²) in [5, 5.41) is 1.87. The van der Waals surface area contributed by atoms with Crippen LogP contribution in [-0.4, -0.2) is 58.4 Å². The summed E-state index contributed by atoms with van der Waals surface area (Å²) in [5.41, 5.74) is 3.64.